The molecular formula is C7H5ClO4S2. The largest absolute Gasteiger partial charge is 0.292 e. The van der Waals surface area contributed by atoms with Gasteiger partial charge in [-0.05, 0) is 12.1 Å². The second-order valence-electron chi connectivity index (χ2n) is 2.21. The van der Waals surface area contributed by atoms with Crippen LogP contribution < -0.4 is 18.6 Å². The monoisotopic (exact) mass is 252 g/mol. The van der Waals surface area contributed by atoms with Crippen LogP contribution in [0.15, 0.2) is 29.6 Å². The summed E-state index contributed by atoms with van der Waals surface area (Å²) < 4.78 is 35.4. The van der Waals surface area contributed by atoms with Crippen molar-refractivity contribution in [3.05, 3.63) is 29.6 Å². The van der Waals surface area contributed by atoms with Gasteiger partial charge in [0.05, 0.1) is 10.1 Å². The molecule has 0 amide bonds. The Morgan fingerprint density at radius 3 is 2.21 bits per heavy atom. The second kappa shape index (κ2) is 4.94. The standard InChI is InChI=1S/C7H5S2.ClHO4/c1-2-4-7-6(3-1)5-8-9-7;2-1(3,4)5/h1-5H;(H,2,3,4,5)/q+1;/p-1. The zero-order valence-corrected chi connectivity index (χ0v) is 9.10. The normalized spacial score (nSPS) is 10.9. The third-order valence-electron chi connectivity index (χ3n) is 1.23. The highest BCUT2D eigenvalue weighted by molar-refractivity contribution is 7.71. The average Bonchev–Trinajstić information content (AvgIpc) is 2.47. The summed E-state index contributed by atoms with van der Waals surface area (Å²) >= 11 is 0. The van der Waals surface area contributed by atoms with Crippen LogP contribution in [0.1, 0.15) is 0 Å². The predicted molar refractivity (Wildman–Crippen MR) is 44.1 cm³/mol. The van der Waals surface area contributed by atoms with Crippen molar-refractivity contribution in [2.75, 3.05) is 0 Å². The molecule has 0 N–H and O–H groups in total. The topological polar surface area (TPSA) is 92.2 Å². The van der Waals surface area contributed by atoms with Gasteiger partial charge in [-0.2, -0.15) is 0 Å². The molecule has 0 atom stereocenters. The van der Waals surface area contributed by atoms with Crippen LogP contribution in [0, 0.1) is 10.2 Å². The first kappa shape index (κ1) is 11.7. The van der Waals surface area contributed by atoms with E-state index in [-0.39, 0.29) is 0 Å². The molecule has 1 aromatic heterocycles. The van der Waals surface area contributed by atoms with E-state index in [1.165, 1.54) is 10.1 Å². The molecule has 0 saturated carbocycles. The molecule has 0 aliphatic carbocycles. The van der Waals surface area contributed by atoms with Gasteiger partial charge in [-0.15, -0.1) is 10.2 Å². The fourth-order valence-electron chi connectivity index (χ4n) is 0.782. The molecule has 76 valence electrons. The highest BCUT2D eigenvalue weighted by Gasteiger charge is 2.00. The van der Waals surface area contributed by atoms with Crippen molar-refractivity contribution in [1.29, 1.82) is 0 Å². The molecule has 0 aliphatic heterocycles. The van der Waals surface area contributed by atoms with E-state index in [1.54, 1.807) is 10.3 Å². The van der Waals surface area contributed by atoms with Gasteiger partial charge in [-0.25, -0.2) is 18.6 Å². The summed E-state index contributed by atoms with van der Waals surface area (Å²) in [5, 5.41) is 3.55. The minimum atomic E-state index is -4.94. The molecule has 1 aromatic carbocycles. The molecule has 2 aromatic rings. The van der Waals surface area contributed by atoms with Gasteiger partial charge in [0.2, 0.25) is 5.38 Å². The van der Waals surface area contributed by atoms with Gasteiger partial charge in [0.25, 0.3) is 10.3 Å². The van der Waals surface area contributed by atoms with Gasteiger partial charge in [0, 0.05) is 0 Å². The van der Waals surface area contributed by atoms with Crippen molar-refractivity contribution in [2.45, 2.75) is 0 Å². The Hall–Kier alpha value is -0.340. The summed E-state index contributed by atoms with van der Waals surface area (Å²) in [6.45, 7) is 0. The number of rotatable bonds is 0. The zero-order valence-electron chi connectivity index (χ0n) is 6.71. The molecule has 4 nitrogen and oxygen atoms in total. The molecule has 2 rings (SSSR count). The van der Waals surface area contributed by atoms with Crippen molar-refractivity contribution in [3.63, 3.8) is 0 Å². The quantitative estimate of drug-likeness (QED) is 0.421. The lowest BCUT2D eigenvalue weighted by atomic mass is 10.3. The predicted octanol–water partition coefficient (Wildman–Crippen LogP) is -1.51. The maximum atomic E-state index is 8.49. The van der Waals surface area contributed by atoms with Crippen LogP contribution in [0.3, 0.4) is 0 Å². The van der Waals surface area contributed by atoms with Gasteiger partial charge in [-0.1, -0.05) is 12.1 Å². The van der Waals surface area contributed by atoms with Crippen molar-refractivity contribution < 1.29 is 28.9 Å². The summed E-state index contributed by atoms with van der Waals surface area (Å²) in [6.07, 6.45) is 0. The molecular weight excluding hydrogens is 248 g/mol. The van der Waals surface area contributed by atoms with Gasteiger partial charge in [-0.3, -0.25) is 0 Å². The summed E-state index contributed by atoms with van der Waals surface area (Å²) in [6, 6.07) is 8.44. The van der Waals surface area contributed by atoms with E-state index in [0.717, 1.165) is 0 Å². The second-order valence-corrected chi connectivity index (χ2v) is 5.08. The number of fused-ring (bicyclic) bond motifs is 1. The Morgan fingerprint density at radius 2 is 1.64 bits per heavy atom. The van der Waals surface area contributed by atoms with Crippen LogP contribution in [-0.4, -0.2) is 0 Å². The Kier molecular flexibility index (Phi) is 4.14. The first-order valence-corrected chi connectivity index (χ1v) is 6.79. The van der Waals surface area contributed by atoms with E-state index < -0.39 is 10.2 Å². The number of benzene rings is 1. The molecule has 0 spiro atoms. The third kappa shape index (κ3) is 4.77. The lowest BCUT2D eigenvalue weighted by molar-refractivity contribution is -2.00. The summed E-state index contributed by atoms with van der Waals surface area (Å²) in [4.78, 5) is 0. The Labute approximate surface area is 89.4 Å². The molecule has 7 heteroatoms. The number of hydrogen-bond donors (Lipinski definition) is 0. The summed E-state index contributed by atoms with van der Waals surface area (Å²) in [7, 11) is -1.32. The van der Waals surface area contributed by atoms with Crippen molar-refractivity contribution in [1.82, 2.24) is 0 Å². The van der Waals surface area contributed by atoms with E-state index in [9.17, 15) is 0 Å². The average molecular weight is 253 g/mol. The Balaban J connectivity index is 0.000000171. The van der Waals surface area contributed by atoms with Crippen LogP contribution in [0.5, 0.6) is 0 Å². The van der Waals surface area contributed by atoms with Crippen molar-refractivity contribution >= 4 is 30.8 Å². The number of hydrogen-bond acceptors (Lipinski definition) is 5. The van der Waals surface area contributed by atoms with E-state index in [4.69, 9.17) is 18.6 Å². The third-order valence-corrected chi connectivity index (χ3v) is 3.35. The molecule has 0 saturated heterocycles. The molecule has 0 fully saturated rings. The molecule has 0 aliphatic rings. The highest BCUT2D eigenvalue weighted by atomic mass is 35.7. The summed E-state index contributed by atoms with van der Waals surface area (Å²) in [5.41, 5.74) is 0. The van der Waals surface area contributed by atoms with Crippen LogP contribution in [0.4, 0.5) is 0 Å². The Morgan fingerprint density at radius 1 is 1.07 bits per heavy atom. The molecule has 0 bridgehead atoms. The number of halogens is 1. The van der Waals surface area contributed by atoms with Gasteiger partial charge in [0.1, 0.15) is 0 Å². The van der Waals surface area contributed by atoms with Gasteiger partial charge < -0.3 is 0 Å². The van der Waals surface area contributed by atoms with Crippen LogP contribution in [0.2, 0.25) is 0 Å². The van der Waals surface area contributed by atoms with Crippen LogP contribution >= 0.6 is 20.7 Å². The van der Waals surface area contributed by atoms with E-state index >= 15 is 0 Å². The molecule has 0 radical (unpaired) electrons. The van der Waals surface area contributed by atoms with Crippen LogP contribution in [0.25, 0.3) is 10.1 Å². The lowest BCUT2D eigenvalue weighted by Crippen LogP contribution is -2.68. The molecule has 1 heterocycles. The van der Waals surface area contributed by atoms with Gasteiger partial charge >= 0.3 is 0 Å². The molecule has 14 heavy (non-hydrogen) atoms. The van der Waals surface area contributed by atoms with Crippen molar-refractivity contribution in [3.8, 4) is 0 Å². The smallest absolute Gasteiger partial charge is 0.222 e. The highest BCUT2D eigenvalue weighted by Crippen LogP contribution is 2.23. The maximum Gasteiger partial charge on any atom is 0.292 e. The maximum absolute atomic E-state index is 8.49. The first-order valence-electron chi connectivity index (χ1n) is 3.34. The zero-order chi connectivity index (χ0) is 10.6. The molecule has 0 unspecified atom stereocenters. The Bertz CT molecular complexity index is 361. The van der Waals surface area contributed by atoms with E-state index in [2.05, 4.69) is 29.6 Å². The van der Waals surface area contributed by atoms with Crippen molar-refractivity contribution in [2.24, 2.45) is 0 Å². The lowest BCUT2D eigenvalue weighted by Gasteiger charge is -2.17. The first-order chi connectivity index (χ1) is 6.47. The fourth-order valence-corrected chi connectivity index (χ4v) is 2.90. The van der Waals surface area contributed by atoms with E-state index in [1.807, 2.05) is 10.3 Å². The van der Waals surface area contributed by atoms with E-state index in [0.29, 0.717) is 0 Å². The minimum absolute atomic E-state index is 1.37. The SMILES string of the molecule is [O-][Cl+3]([O-])([O-])[O-].c1ccc2s[s+]cc2c1. The summed E-state index contributed by atoms with van der Waals surface area (Å²) in [5.74, 6) is 0. The minimum Gasteiger partial charge on any atom is -0.222 e. The van der Waals surface area contributed by atoms with Crippen LogP contribution in [-0.2, 0) is 0 Å². The fraction of sp³-hybridized carbons (Fsp3) is 0. The van der Waals surface area contributed by atoms with Gasteiger partial charge in [0.15, 0.2) is 10.3 Å².